The third-order valence-electron chi connectivity index (χ3n) is 16.7. The van der Waals surface area contributed by atoms with Crippen molar-refractivity contribution in [2.75, 3.05) is 39.6 Å². The zero-order valence-electron chi connectivity index (χ0n) is 69.3. The van der Waals surface area contributed by atoms with Gasteiger partial charge in [-0.25, -0.2) is 9.13 Å². The average Bonchev–Trinajstić information content (AvgIpc) is 0.898. The van der Waals surface area contributed by atoms with Gasteiger partial charge in [-0.3, -0.25) is 37.3 Å². The Bertz CT molecular complexity index is 2940. The molecule has 2 unspecified atom stereocenters. The van der Waals surface area contributed by atoms with Crippen LogP contribution in [0.5, 0.6) is 0 Å². The highest BCUT2D eigenvalue weighted by Gasteiger charge is 2.30. The molecule has 0 heterocycles. The van der Waals surface area contributed by atoms with Crippen LogP contribution in [0.1, 0.15) is 297 Å². The van der Waals surface area contributed by atoms with Crippen LogP contribution >= 0.6 is 15.6 Å². The number of hydrogen-bond acceptors (Lipinski definition) is 15. The first kappa shape index (κ1) is 106. The van der Waals surface area contributed by atoms with Gasteiger partial charge >= 0.3 is 39.5 Å². The molecule has 112 heavy (non-hydrogen) atoms. The molecule has 0 aromatic heterocycles. The second-order valence-electron chi connectivity index (χ2n) is 27.3. The lowest BCUT2D eigenvalue weighted by Gasteiger charge is -2.21. The summed E-state index contributed by atoms with van der Waals surface area (Å²) in [6, 6.07) is 0. The molecule has 0 aromatic rings. The van der Waals surface area contributed by atoms with E-state index in [0.717, 1.165) is 148 Å². The molecular weight excluding hydrogens is 1450 g/mol. The van der Waals surface area contributed by atoms with E-state index in [1.165, 1.54) is 57.8 Å². The molecule has 0 spiro atoms. The summed E-state index contributed by atoms with van der Waals surface area (Å²) < 4.78 is 68.6. The Kier molecular flexibility index (Phi) is 77.9. The third-order valence-corrected chi connectivity index (χ3v) is 18.6. The van der Waals surface area contributed by atoms with Crippen molar-refractivity contribution in [3.8, 4) is 0 Å². The number of phosphoric ester groups is 2. The number of esters is 4. The van der Waals surface area contributed by atoms with E-state index in [9.17, 15) is 43.2 Å². The molecule has 0 saturated heterocycles. The normalized spacial score (nSPS) is 14.8. The van der Waals surface area contributed by atoms with Gasteiger partial charge < -0.3 is 33.8 Å². The number of aliphatic hydroxyl groups is 1. The first-order valence-corrected chi connectivity index (χ1v) is 45.3. The number of carbonyl (C=O) groups excluding carboxylic acids is 4. The Hall–Kier alpha value is -6.36. The minimum Gasteiger partial charge on any atom is -0.462 e. The lowest BCUT2D eigenvalue weighted by atomic mass is 10.1. The molecule has 0 saturated carbocycles. The Morgan fingerprint density at radius 3 is 0.786 bits per heavy atom. The highest BCUT2D eigenvalue weighted by Crippen LogP contribution is 2.45. The zero-order valence-corrected chi connectivity index (χ0v) is 71.0. The van der Waals surface area contributed by atoms with Crippen molar-refractivity contribution in [3.05, 3.63) is 207 Å². The summed E-state index contributed by atoms with van der Waals surface area (Å²) in [4.78, 5) is 73.2. The molecule has 0 fully saturated rings. The van der Waals surface area contributed by atoms with E-state index in [0.29, 0.717) is 38.5 Å². The number of unbranched alkanes of at least 4 members (excludes halogenated alkanes) is 17. The standard InChI is InChI=1S/C93H148O17P2/c1-5-9-13-17-21-25-29-33-37-40-43-46-50-53-57-61-65-69-73-77-90(95)103-83-88(109-92(97)79-75-71-67-63-59-55-49-36-32-28-24-20-16-12-8-4)85-107-111(99,100)105-81-87(94)82-106-112(101,102)108-86-89(110-93(98)80-76-72-68-64-60-56-52-48-45-42-39-35-31-27-23-19-15-11-7-3)84-104-91(96)78-74-70-66-62-58-54-51-47-44-41-38-34-30-26-22-18-14-10-6-2/h10-11,14-15,21-23,25-27,33-39,43-49,53-54,56-58,60,65-66,69-70,87-89,94H,5-9,12-13,16-20,24,28-32,40-42,50-52,55,59,61-64,67-68,71-86H2,1-4H3,(H,99,100)(H,101,102)/b14-10-,15-11-,25-21-,26-22-,27-23-,37-33-,38-34-,39-35-,46-43-,47-44-,48-45-,49-36-,57-53-,58-54-,60-56-,69-65-,70-66-/t87-,88+,89+/m0/s1. The Morgan fingerprint density at radius 2 is 0.482 bits per heavy atom. The maximum atomic E-state index is 13.1. The van der Waals surface area contributed by atoms with Crippen LogP contribution in [0, 0.1) is 0 Å². The van der Waals surface area contributed by atoms with Gasteiger partial charge in [-0.15, -0.1) is 0 Å². The Morgan fingerprint density at radius 1 is 0.259 bits per heavy atom. The van der Waals surface area contributed by atoms with Crippen molar-refractivity contribution in [3.63, 3.8) is 0 Å². The summed E-state index contributed by atoms with van der Waals surface area (Å²) in [5, 5.41) is 10.7. The molecule has 0 aromatic carbocycles. The molecule has 0 rings (SSSR count). The minimum atomic E-state index is -5.03. The van der Waals surface area contributed by atoms with Crippen LogP contribution in [0.3, 0.4) is 0 Å². The van der Waals surface area contributed by atoms with Gasteiger partial charge in [0.05, 0.1) is 26.4 Å². The van der Waals surface area contributed by atoms with Crippen LogP contribution in [0.4, 0.5) is 0 Å². The fourth-order valence-electron chi connectivity index (χ4n) is 10.4. The molecule has 0 aliphatic carbocycles. The largest absolute Gasteiger partial charge is 0.472 e. The van der Waals surface area contributed by atoms with Crippen LogP contribution in [0.25, 0.3) is 0 Å². The second-order valence-corrected chi connectivity index (χ2v) is 30.2. The van der Waals surface area contributed by atoms with Crippen molar-refractivity contribution < 1.29 is 80.2 Å². The number of aliphatic hydroxyl groups excluding tert-OH is 1. The molecule has 0 aliphatic rings. The number of ether oxygens (including phenoxy) is 4. The fraction of sp³-hybridized carbons (Fsp3) is 0.591. The van der Waals surface area contributed by atoms with Crippen molar-refractivity contribution in [1.82, 2.24) is 0 Å². The number of carbonyl (C=O) groups is 4. The third kappa shape index (κ3) is 81.6. The van der Waals surface area contributed by atoms with E-state index in [1.54, 1.807) is 0 Å². The predicted molar refractivity (Wildman–Crippen MR) is 463 cm³/mol. The maximum absolute atomic E-state index is 13.1. The van der Waals surface area contributed by atoms with Crippen LogP contribution in [0.2, 0.25) is 0 Å². The number of hydrogen-bond donors (Lipinski definition) is 3. The Labute approximate surface area is 678 Å². The van der Waals surface area contributed by atoms with Gasteiger partial charge in [0.25, 0.3) is 0 Å². The smallest absolute Gasteiger partial charge is 0.462 e. The molecule has 632 valence electrons. The van der Waals surface area contributed by atoms with Crippen molar-refractivity contribution in [1.29, 1.82) is 0 Å². The van der Waals surface area contributed by atoms with Crippen LogP contribution in [-0.4, -0.2) is 96.7 Å². The first-order valence-electron chi connectivity index (χ1n) is 42.3. The maximum Gasteiger partial charge on any atom is 0.472 e. The molecule has 5 atom stereocenters. The number of rotatable bonds is 77. The van der Waals surface area contributed by atoms with Crippen molar-refractivity contribution in [2.24, 2.45) is 0 Å². The first-order chi connectivity index (χ1) is 54.7. The van der Waals surface area contributed by atoms with Crippen LogP contribution in [-0.2, 0) is 65.4 Å². The Balaban J connectivity index is 5.57. The minimum absolute atomic E-state index is 0.0181. The lowest BCUT2D eigenvalue weighted by molar-refractivity contribution is -0.161. The summed E-state index contributed by atoms with van der Waals surface area (Å²) in [5.74, 6) is -2.44. The molecule has 17 nitrogen and oxygen atoms in total. The quantitative estimate of drug-likeness (QED) is 0.0169. The van der Waals surface area contributed by atoms with Crippen molar-refractivity contribution in [2.45, 2.75) is 316 Å². The zero-order chi connectivity index (χ0) is 81.7. The summed E-state index contributed by atoms with van der Waals surface area (Å²) in [7, 11) is -10.0. The van der Waals surface area contributed by atoms with Crippen LogP contribution < -0.4 is 0 Å². The molecule has 0 radical (unpaired) electrons. The molecule has 0 aliphatic heterocycles. The topological polar surface area (TPSA) is 237 Å². The summed E-state index contributed by atoms with van der Waals surface area (Å²) >= 11 is 0. The molecule has 0 amide bonds. The summed E-state index contributed by atoms with van der Waals surface area (Å²) in [6.45, 7) is 4.38. The van der Waals surface area contributed by atoms with E-state index in [1.807, 2.05) is 36.5 Å². The lowest BCUT2D eigenvalue weighted by Crippen LogP contribution is -2.30. The van der Waals surface area contributed by atoms with E-state index in [2.05, 4.69) is 198 Å². The van der Waals surface area contributed by atoms with Gasteiger partial charge in [-0.05, 0) is 173 Å². The van der Waals surface area contributed by atoms with E-state index < -0.39 is 97.5 Å². The van der Waals surface area contributed by atoms with E-state index in [4.69, 9.17) is 37.0 Å². The van der Waals surface area contributed by atoms with Gasteiger partial charge in [-0.2, -0.15) is 0 Å². The van der Waals surface area contributed by atoms with Gasteiger partial charge in [0, 0.05) is 25.7 Å². The molecule has 0 bridgehead atoms. The van der Waals surface area contributed by atoms with Gasteiger partial charge in [0.2, 0.25) is 0 Å². The highest BCUT2D eigenvalue weighted by atomic mass is 31.2. The summed E-state index contributed by atoms with van der Waals surface area (Å²) in [5.41, 5.74) is 0. The monoisotopic (exact) mass is 1600 g/mol. The van der Waals surface area contributed by atoms with Gasteiger partial charge in [0.1, 0.15) is 19.3 Å². The van der Waals surface area contributed by atoms with E-state index >= 15 is 0 Å². The number of allylic oxidation sites excluding steroid dienone is 34. The fourth-order valence-corrected chi connectivity index (χ4v) is 11.9. The van der Waals surface area contributed by atoms with Gasteiger partial charge in [0.15, 0.2) is 12.2 Å². The molecular formula is C93H148O17P2. The number of phosphoric acid groups is 2. The second kappa shape index (κ2) is 82.6. The van der Waals surface area contributed by atoms with Crippen molar-refractivity contribution >= 4 is 39.5 Å². The van der Waals surface area contributed by atoms with Crippen LogP contribution in [0.15, 0.2) is 207 Å². The van der Waals surface area contributed by atoms with E-state index in [-0.39, 0.29) is 25.7 Å². The predicted octanol–water partition coefficient (Wildman–Crippen LogP) is 25.4. The van der Waals surface area contributed by atoms with Gasteiger partial charge in [-0.1, -0.05) is 305 Å². The summed E-state index contributed by atoms with van der Waals surface area (Å²) in [6.07, 6.45) is 104. The SMILES string of the molecule is CC/C=C\C/C=C\C/C=C\C/C=C\C/C=C\C/C=C\CCC(=O)OC[C@H](COP(=O)(O)OC[C@@H](O)COP(=O)(O)OC[C@@H](COC(=O)CC/C=C\C/C=C\C/C=C\C/C=C\C/C=C\CCCCC)OC(=O)CCCCCCC/C=C\CCCCCCCC)OC(=O)CCCCC/C=C\C/C=C\C/C=C\C/C=C\C/C=C\CC. The molecule has 19 heteroatoms. The highest BCUT2D eigenvalue weighted by molar-refractivity contribution is 7.47. The average molecular weight is 1600 g/mol. The molecule has 3 N–H and O–H groups in total.